The molecule has 2 heterocycles. The topological polar surface area (TPSA) is 67.9 Å². The van der Waals surface area contributed by atoms with Crippen molar-refractivity contribution in [3.8, 4) is 11.5 Å². The number of benzene rings is 2. The fourth-order valence-corrected chi connectivity index (χ4v) is 3.95. The number of hydrogen-bond acceptors (Lipinski definition) is 5. The molecule has 158 valence electrons. The van der Waals surface area contributed by atoms with E-state index < -0.39 is 0 Å². The van der Waals surface area contributed by atoms with E-state index in [0.29, 0.717) is 43.4 Å². The Balaban J connectivity index is 1.24. The van der Waals surface area contributed by atoms with Crippen LogP contribution in [0, 0.1) is 12.8 Å². The molecule has 0 bridgehead atoms. The predicted octanol–water partition coefficient (Wildman–Crippen LogP) is 2.98. The van der Waals surface area contributed by atoms with Gasteiger partial charge in [-0.25, -0.2) is 0 Å². The minimum absolute atomic E-state index is 0.0144. The standard InChI is InChI=1S/C24H28N2O4/c1-17-2-4-18(5-3-17)15-25-23(27)16-26-10-8-19(9-11-26)24(28)20-6-7-21-22(14-20)30-13-12-29-21/h2-7,14,19H,8-13,15-16H2,1H3,(H,25,27). The predicted molar refractivity (Wildman–Crippen MR) is 114 cm³/mol. The van der Waals surface area contributed by atoms with E-state index in [-0.39, 0.29) is 17.6 Å². The normalized spacial score (nSPS) is 16.8. The van der Waals surface area contributed by atoms with Gasteiger partial charge >= 0.3 is 0 Å². The fourth-order valence-electron chi connectivity index (χ4n) is 3.95. The van der Waals surface area contributed by atoms with Crippen LogP contribution in [0.5, 0.6) is 11.5 Å². The summed E-state index contributed by atoms with van der Waals surface area (Å²) in [5.74, 6) is 1.50. The summed E-state index contributed by atoms with van der Waals surface area (Å²) in [6.07, 6.45) is 1.52. The molecule has 0 spiro atoms. The number of rotatable bonds is 6. The largest absolute Gasteiger partial charge is 0.486 e. The third-order valence-corrected chi connectivity index (χ3v) is 5.76. The number of ether oxygens (including phenoxy) is 2. The van der Waals surface area contributed by atoms with E-state index in [9.17, 15) is 9.59 Å². The van der Waals surface area contributed by atoms with E-state index >= 15 is 0 Å². The summed E-state index contributed by atoms with van der Waals surface area (Å²) < 4.78 is 11.1. The number of piperidine rings is 1. The van der Waals surface area contributed by atoms with E-state index in [4.69, 9.17) is 9.47 Å². The van der Waals surface area contributed by atoms with Gasteiger partial charge in [0.1, 0.15) is 13.2 Å². The number of carbonyl (C=O) groups is 2. The van der Waals surface area contributed by atoms with Crippen LogP contribution in [0.2, 0.25) is 0 Å². The van der Waals surface area contributed by atoms with Crippen molar-refractivity contribution in [1.29, 1.82) is 0 Å². The Labute approximate surface area is 177 Å². The van der Waals surface area contributed by atoms with Gasteiger partial charge in [0.15, 0.2) is 17.3 Å². The maximum Gasteiger partial charge on any atom is 0.234 e. The second kappa shape index (κ2) is 9.30. The third kappa shape index (κ3) is 5.00. The van der Waals surface area contributed by atoms with Crippen LogP contribution in [0.4, 0.5) is 0 Å². The molecule has 0 atom stereocenters. The summed E-state index contributed by atoms with van der Waals surface area (Å²) in [6, 6.07) is 13.6. The van der Waals surface area contributed by atoms with E-state index in [1.165, 1.54) is 5.56 Å². The van der Waals surface area contributed by atoms with Crippen molar-refractivity contribution in [3.05, 3.63) is 59.2 Å². The molecule has 1 N–H and O–H groups in total. The summed E-state index contributed by atoms with van der Waals surface area (Å²) in [6.45, 7) is 5.50. The van der Waals surface area contributed by atoms with E-state index in [0.717, 1.165) is 31.5 Å². The monoisotopic (exact) mass is 408 g/mol. The molecule has 6 heteroatoms. The Hall–Kier alpha value is -2.86. The molecule has 2 aromatic rings. The minimum atomic E-state index is -0.0144. The van der Waals surface area contributed by atoms with Gasteiger partial charge in [0.05, 0.1) is 6.54 Å². The van der Waals surface area contributed by atoms with Gasteiger partial charge in [0.25, 0.3) is 0 Å². The number of nitrogens with one attached hydrogen (secondary N) is 1. The summed E-state index contributed by atoms with van der Waals surface area (Å²) >= 11 is 0. The zero-order chi connectivity index (χ0) is 20.9. The zero-order valence-corrected chi connectivity index (χ0v) is 17.4. The van der Waals surface area contributed by atoms with Crippen molar-refractivity contribution in [2.24, 2.45) is 5.92 Å². The lowest BCUT2D eigenvalue weighted by Crippen LogP contribution is -2.42. The molecule has 6 nitrogen and oxygen atoms in total. The molecule has 1 fully saturated rings. The second-order valence-corrected chi connectivity index (χ2v) is 8.04. The molecule has 4 rings (SSSR count). The molecule has 0 radical (unpaired) electrons. The zero-order valence-electron chi connectivity index (χ0n) is 17.4. The number of ketones is 1. The molecule has 0 aromatic heterocycles. The average Bonchev–Trinajstić information content (AvgIpc) is 2.78. The average molecular weight is 408 g/mol. The molecule has 0 unspecified atom stereocenters. The van der Waals surface area contributed by atoms with Gasteiger partial charge in [-0.1, -0.05) is 29.8 Å². The van der Waals surface area contributed by atoms with Gasteiger partial charge in [-0.15, -0.1) is 0 Å². The van der Waals surface area contributed by atoms with Crippen LogP contribution < -0.4 is 14.8 Å². The first kappa shape index (κ1) is 20.4. The lowest BCUT2D eigenvalue weighted by molar-refractivity contribution is -0.122. The van der Waals surface area contributed by atoms with Crippen LogP contribution in [0.3, 0.4) is 0 Å². The number of fused-ring (bicyclic) bond motifs is 1. The summed E-state index contributed by atoms with van der Waals surface area (Å²) in [5, 5.41) is 2.98. The Bertz CT molecular complexity index is 902. The number of nitrogens with zero attached hydrogens (tertiary/aromatic N) is 1. The molecule has 1 saturated heterocycles. The lowest BCUT2D eigenvalue weighted by Gasteiger charge is -2.30. The van der Waals surface area contributed by atoms with Crippen LogP contribution in [0.1, 0.15) is 34.3 Å². The Morgan fingerprint density at radius 1 is 1.00 bits per heavy atom. The third-order valence-electron chi connectivity index (χ3n) is 5.76. The first-order valence-corrected chi connectivity index (χ1v) is 10.6. The number of aryl methyl sites for hydroxylation is 1. The lowest BCUT2D eigenvalue weighted by atomic mass is 9.88. The number of likely N-dealkylation sites (tertiary alicyclic amines) is 1. The van der Waals surface area contributed by atoms with Gasteiger partial charge in [-0.2, -0.15) is 0 Å². The van der Waals surface area contributed by atoms with E-state index in [1.54, 1.807) is 6.07 Å². The maximum atomic E-state index is 12.9. The van der Waals surface area contributed by atoms with Crippen LogP contribution in [-0.4, -0.2) is 49.4 Å². The number of hydrogen-bond donors (Lipinski definition) is 1. The van der Waals surface area contributed by atoms with Gasteiger partial charge in [-0.05, 0) is 56.6 Å². The van der Waals surface area contributed by atoms with Crippen molar-refractivity contribution < 1.29 is 19.1 Å². The van der Waals surface area contributed by atoms with Crippen molar-refractivity contribution in [1.82, 2.24) is 10.2 Å². The molecule has 2 aliphatic heterocycles. The van der Waals surface area contributed by atoms with Crippen molar-refractivity contribution in [2.45, 2.75) is 26.3 Å². The molecule has 0 aliphatic carbocycles. The molecular weight excluding hydrogens is 380 g/mol. The van der Waals surface area contributed by atoms with Gasteiger partial charge in [0.2, 0.25) is 5.91 Å². The van der Waals surface area contributed by atoms with Crippen LogP contribution in [0.25, 0.3) is 0 Å². The van der Waals surface area contributed by atoms with Crippen molar-refractivity contribution in [2.75, 3.05) is 32.8 Å². The van der Waals surface area contributed by atoms with Crippen molar-refractivity contribution >= 4 is 11.7 Å². The summed E-state index contributed by atoms with van der Waals surface area (Å²) in [7, 11) is 0. The number of Topliss-reactive ketones (excluding diaryl/α,β-unsaturated/α-hetero) is 1. The highest BCUT2D eigenvalue weighted by molar-refractivity contribution is 5.98. The Kier molecular flexibility index (Phi) is 6.33. The second-order valence-electron chi connectivity index (χ2n) is 8.04. The molecule has 0 saturated carbocycles. The van der Waals surface area contributed by atoms with E-state index in [1.807, 2.05) is 43.3 Å². The van der Waals surface area contributed by atoms with Crippen LogP contribution in [-0.2, 0) is 11.3 Å². The number of carbonyl (C=O) groups excluding carboxylic acids is 2. The highest BCUT2D eigenvalue weighted by Gasteiger charge is 2.27. The first-order valence-electron chi connectivity index (χ1n) is 10.6. The quantitative estimate of drug-likeness (QED) is 0.745. The molecule has 2 aliphatic rings. The van der Waals surface area contributed by atoms with Gasteiger partial charge in [-0.3, -0.25) is 14.5 Å². The molecule has 2 aromatic carbocycles. The van der Waals surface area contributed by atoms with Crippen LogP contribution >= 0.6 is 0 Å². The van der Waals surface area contributed by atoms with Gasteiger partial charge < -0.3 is 14.8 Å². The molecule has 1 amide bonds. The minimum Gasteiger partial charge on any atom is -0.486 e. The smallest absolute Gasteiger partial charge is 0.234 e. The highest BCUT2D eigenvalue weighted by Crippen LogP contribution is 2.32. The number of amides is 1. The van der Waals surface area contributed by atoms with E-state index in [2.05, 4.69) is 10.2 Å². The SMILES string of the molecule is Cc1ccc(CNC(=O)CN2CCC(C(=O)c3ccc4c(c3)OCCO4)CC2)cc1. The van der Waals surface area contributed by atoms with Crippen LogP contribution in [0.15, 0.2) is 42.5 Å². The van der Waals surface area contributed by atoms with Crippen molar-refractivity contribution in [3.63, 3.8) is 0 Å². The summed E-state index contributed by atoms with van der Waals surface area (Å²) in [4.78, 5) is 27.3. The summed E-state index contributed by atoms with van der Waals surface area (Å²) in [5.41, 5.74) is 2.98. The first-order chi connectivity index (χ1) is 14.6. The maximum absolute atomic E-state index is 12.9. The highest BCUT2D eigenvalue weighted by atomic mass is 16.6. The Morgan fingerprint density at radius 3 is 2.43 bits per heavy atom. The molecular formula is C24H28N2O4. The fraction of sp³-hybridized carbons (Fsp3) is 0.417. The Morgan fingerprint density at radius 2 is 1.70 bits per heavy atom. The van der Waals surface area contributed by atoms with Gasteiger partial charge in [0, 0.05) is 18.0 Å². The molecule has 30 heavy (non-hydrogen) atoms.